The molecular formula is C18H21N5O2. The van der Waals surface area contributed by atoms with E-state index < -0.39 is 0 Å². The average Bonchev–Trinajstić information content (AvgIpc) is 3.05. The number of rotatable bonds is 5. The van der Waals surface area contributed by atoms with E-state index in [-0.39, 0.29) is 11.8 Å². The van der Waals surface area contributed by atoms with Crippen molar-refractivity contribution < 1.29 is 9.59 Å². The van der Waals surface area contributed by atoms with Crippen LogP contribution in [-0.2, 0) is 11.3 Å². The molecule has 1 aliphatic rings. The smallest absolute Gasteiger partial charge is 0.270 e. The summed E-state index contributed by atoms with van der Waals surface area (Å²) < 4.78 is 0. The first-order valence-corrected chi connectivity index (χ1v) is 8.28. The molecule has 1 aromatic heterocycles. The number of anilines is 2. The van der Waals surface area contributed by atoms with E-state index >= 15 is 0 Å². The van der Waals surface area contributed by atoms with E-state index in [1.807, 2.05) is 31.2 Å². The summed E-state index contributed by atoms with van der Waals surface area (Å²) in [5.41, 5.74) is 2.86. The van der Waals surface area contributed by atoms with Crippen molar-refractivity contribution in [1.29, 1.82) is 0 Å². The van der Waals surface area contributed by atoms with Gasteiger partial charge in [-0.2, -0.15) is 0 Å². The minimum absolute atomic E-state index is 0.150. The van der Waals surface area contributed by atoms with Crippen LogP contribution in [0.4, 0.5) is 11.6 Å². The van der Waals surface area contributed by atoms with Crippen molar-refractivity contribution in [3.05, 3.63) is 47.3 Å². The van der Waals surface area contributed by atoms with Crippen LogP contribution >= 0.6 is 0 Å². The second kappa shape index (κ2) is 7.29. The van der Waals surface area contributed by atoms with Gasteiger partial charge in [0.1, 0.15) is 5.69 Å². The predicted molar refractivity (Wildman–Crippen MR) is 95.5 cm³/mol. The van der Waals surface area contributed by atoms with Crippen LogP contribution < -0.4 is 15.5 Å². The molecule has 7 nitrogen and oxygen atoms in total. The van der Waals surface area contributed by atoms with Gasteiger partial charge in [0.2, 0.25) is 11.9 Å². The number of carbonyl (C=O) groups is 2. The fourth-order valence-electron chi connectivity index (χ4n) is 2.83. The molecule has 0 aliphatic carbocycles. The Labute approximate surface area is 146 Å². The molecule has 7 heteroatoms. The number of amides is 2. The maximum atomic E-state index is 12.3. The van der Waals surface area contributed by atoms with E-state index in [4.69, 9.17) is 0 Å². The van der Waals surface area contributed by atoms with Crippen molar-refractivity contribution >= 4 is 23.5 Å². The molecule has 2 heterocycles. The molecule has 1 saturated heterocycles. The van der Waals surface area contributed by atoms with Gasteiger partial charge in [0.05, 0.1) is 0 Å². The SMILES string of the molecule is CNc1nc(C)cc(C(=O)NCc2cccc(N3CCCC3=O)c2)n1. The third-order valence-corrected chi connectivity index (χ3v) is 4.06. The molecule has 0 atom stereocenters. The summed E-state index contributed by atoms with van der Waals surface area (Å²) in [6.45, 7) is 2.93. The monoisotopic (exact) mass is 339 g/mol. The van der Waals surface area contributed by atoms with Crippen molar-refractivity contribution in [2.45, 2.75) is 26.3 Å². The van der Waals surface area contributed by atoms with E-state index in [1.165, 1.54) is 0 Å². The van der Waals surface area contributed by atoms with Crippen molar-refractivity contribution in [1.82, 2.24) is 15.3 Å². The van der Waals surface area contributed by atoms with Gasteiger partial charge >= 0.3 is 0 Å². The van der Waals surface area contributed by atoms with E-state index in [1.54, 1.807) is 18.0 Å². The van der Waals surface area contributed by atoms with E-state index in [2.05, 4.69) is 20.6 Å². The van der Waals surface area contributed by atoms with E-state index in [0.29, 0.717) is 24.6 Å². The standard InChI is InChI=1S/C18H21N5O2/c1-12-9-15(22-18(19-2)21-12)17(25)20-11-13-5-3-6-14(10-13)23-8-4-7-16(23)24/h3,5-6,9-10H,4,7-8,11H2,1-2H3,(H,20,25)(H,19,21,22). The second-order valence-electron chi connectivity index (χ2n) is 5.97. The van der Waals surface area contributed by atoms with Gasteiger partial charge in [-0.1, -0.05) is 12.1 Å². The first-order valence-electron chi connectivity index (χ1n) is 8.28. The number of nitrogens with one attached hydrogen (secondary N) is 2. The summed E-state index contributed by atoms with van der Waals surface area (Å²) in [5, 5.41) is 5.70. The van der Waals surface area contributed by atoms with Gasteiger partial charge in [-0.25, -0.2) is 9.97 Å². The van der Waals surface area contributed by atoms with Gasteiger partial charge in [0, 0.05) is 37.9 Å². The zero-order chi connectivity index (χ0) is 17.8. The van der Waals surface area contributed by atoms with Crippen LogP contribution in [0.5, 0.6) is 0 Å². The largest absolute Gasteiger partial charge is 0.357 e. The zero-order valence-electron chi connectivity index (χ0n) is 14.4. The molecule has 0 spiro atoms. The highest BCUT2D eigenvalue weighted by Gasteiger charge is 2.21. The first-order chi connectivity index (χ1) is 12.1. The number of hydrogen-bond donors (Lipinski definition) is 2. The maximum absolute atomic E-state index is 12.3. The molecule has 2 aromatic rings. The number of hydrogen-bond acceptors (Lipinski definition) is 5. The van der Waals surface area contributed by atoms with E-state index in [9.17, 15) is 9.59 Å². The summed E-state index contributed by atoms with van der Waals surface area (Å²) in [5.74, 6) is 0.307. The number of nitrogens with zero attached hydrogens (tertiary/aromatic N) is 3. The molecule has 0 bridgehead atoms. The molecule has 2 N–H and O–H groups in total. The Kier molecular flexibility index (Phi) is 4.92. The Morgan fingerprint density at radius 1 is 1.28 bits per heavy atom. The quantitative estimate of drug-likeness (QED) is 0.868. The molecule has 1 aromatic carbocycles. The molecule has 0 unspecified atom stereocenters. The van der Waals surface area contributed by atoms with Crippen molar-refractivity contribution in [2.75, 3.05) is 23.8 Å². The van der Waals surface area contributed by atoms with Crippen LogP contribution in [0.1, 0.15) is 34.6 Å². The van der Waals surface area contributed by atoms with Gasteiger partial charge in [0.15, 0.2) is 0 Å². The Bertz CT molecular complexity index is 806. The lowest BCUT2D eigenvalue weighted by atomic mass is 10.2. The van der Waals surface area contributed by atoms with Gasteiger partial charge in [-0.3, -0.25) is 9.59 Å². The molecular weight excluding hydrogens is 318 g/mol. The molecule has 1 aliphatic heterocycles. The number of aromatic nitrogens is 2. The Hall–Kier alpha value is -2.96. The van der Waals surface area contributed by atoms with Gasteiger partial charge in [-0.05, 0) is 37.1 Å². The fraction of sp³-hybridized carbons (Fsp3) is 0.333. The minimum atomic E-state index is -0.260. The number of carbonyl (C=O) groups excluding carboxylic acids is 2. The van der Waals surface area contributed by atoms with Crippen molar-refractivity contribution in [3.63, 3.8) is 0 Å². The lowest BCUT2D eigenvalue weighted by Gasteiger charge is -2.16. The second-order valence-corrected chi connectivity index (χ2v) is 5.97. The Morgan fingerprint density at radius 2 is 2.12 bits per heavy atom. The third kappa shape index (κ3) is 3.93. The molecule has 0 radical (unpaired) electrons. The highest BCUT2D eigenvalue weighted by molar-refractivity contribution is 5.95. The van der Waals surface area contributed by atoms with Crippen molar-refractivity contribution in [3.8, 4) is 0 Å². The maximum Gasteiger partial charge on any atom is 0.270 e. The van der Waals surface area contributed by atoms with Crippen LogP contribution in [0.3, 0.4) is 0 Å². The predicted octanol–water partition coefficient (Wildman–Crippen LogP) is 1.88. The average molecular weight is 339 g/mol. The molecule has 25 heavy (non-hydrogen) atoms. The molecule has 1 fully saturated rings. The normalized spacial score (nSPS) is 13.8. The Balaban J connectivity index is 1.68. The number of benzene rings is 1. The zero-order valence-corrected chi connectivity index (χ0v) is 14.4. The Morgan fingerprint density at radius 3 is 2.84 bits per heavy atom. The van der Waals surface area contributed by atoms with Gasteiger partial charge in [0.25, 0.3) is 5.91 Å². The molecule has 130 valence electrons. The lowest BCUT2D eigenvalue weighted by Crippen LogP contribution is -2.25. The number of aryl methyl sites for hydroxylation is 1. The van der Waals surface area contributed by atoms with Crippen molar-refractivity contribution in [2.24, 2.45) is 0 Å². The van der Waals surface area contributed by atoms with Gasteiger partial charge < -0.3 is 15.5 Å². The van der Waals surface area contributed by atoms with Crippen LogP contribution in [-0.4, -0.2) is 35.4 Å². The summed E-state index contributed by atoms with van der Waals surface area (Å²) in [4.78, 5) is 34.3. The van der Waals surface area contributed by atoms with Crippen LogP contribution in [0.15, 0.2) is 30.3 Å². The summed E-state index contributed by atoms with van der Waals surface area (Å²) in [6.07, 6.45) is 1.49. The molecule has 2 amide bonds. The first kappa shape index (κ1) is 16.9. The van der Waals surface area contributed by atoms with Crippen LogP contribution in [0.2, 0.25) is 0 Å². The topological polar surface area (TPSA) is 87.2 Å². The highest BCUT2D eigenvalue weighted by Crippen LogP contribution is 2.22. The van der Waals surface area contributed by atoms with E-state index in [0.717, 1.165) is 29.9 Å². The van der Waals surface area contributed by atoms with Crippen LogP contribution in [0, 0.1) is 6.92 Å². The fourth-order valence-corrected chi connectivity index (χ4v) is 2.83. The summed E-state index contributed by atoms with van der Waals surface area (Å²) >= 11 is 0. The molecule has 0 saturated carbocycles. The summed E-state index contributed by atoms with van der Waals surface area (Å²) in [7, 11) is 1.71. The van der Waals surface area contributed by atoms with Crippen LogP contribution in [0.25, 0.3) is 0 Å². The lowest BCUT2D eigenvalue weighted by molar-refractivity contribution is -0.117. The van der Waals surface area contributed by atoms with Gasteiger partial charge in [-0.15, -0.1) is 0 Å². The highest BCUT2D eigenvalue weighted by atomic mass is 16.2. The summed E-state index contributed by atoms with van der Waals surface area (Å²) in [6, 6.07) is 9.33. The molecule has 3 rings (SSSR count). The third-order valence-electron chi connectivity index (χ3n) is 4.06. The minimum Gasteiger partial charge on any atom is -0.357 e.